The van der Waals surface area contributed by atoms with Gasteiger partial charge in [-0.25, -0.2) is 8.78 Å². The summed E-state index contributed by atoms with van der Waals surface area (Å²) in [6.45, 7) is 2.62. The molecule has 0 bridgehead atoms. The molecule has 0 aliphatic carbocycles. The fraction of sp³-hybridized carbons (Fsp3) is 1.00. The molecule has 0 aromatic carbocycles. The number of rotatable bonds is 2. The molecule has 1 aliphatic heterocycles. The molecule has 1 aliphatic rings. The highest BCUT2D eigenvalue weighted by Crippen LogP contribution is 2.28. The lowest BCUT2D eigenvalue weighted by Crippen LogP contribution is -2.51. The monoisotopic (exact) mass is 179 g/mol. The number of ether oxygens (including phenoxy) is 1. The first-order valence-electron chi connectivity index (χ1n) is 4.24. The summed E-state index contributed by atoms with van der Waals surface area (Å²) in [5, 5.41) is 0. The summed E-state index contributed by atoms with van der Waals surface area (Å²) >= 11 is 0. The van der Waals surface area contributed by atoms with E-state index in [1.165, 1.54) is 0 Å². The van der Waals surface area contributed by atoms with Crippen LogP contribution in [0.5, 0.6) is 0 Å². The van der Waals surface area contributed by atoms with Crippen molar-refractivity contribution >= 4 is 0 Å². The van der Waals surface area contributed by atoms with Crippen LogP contribution in [-0.4, -0.2) is 43.7 Å². The summed E-state index contributed by atoms with van der Waals surface area (Å²) < 4.78 is 31.2. The third-order valence-electron chi connectivity index (χ3n) is 2.09. The van der Waals surface area contributed by atoms with Crippen LogP contribution in [0.25, 0.3) is 0 Å². The van der Waals surface area contributed by atoms with Crippen LogP contribution in [0.2, 0.25) is 0 Å². The van der Waals surface area contributed by atoms with E-state index in [2.05, 4.69) is 0 Å². The smallest absolute Gasteiger partial charge is 0.286 e. The molecule has 2 nitrogen and oxygen atoms in total. The van der Waals surface area contributed by atoms with Crippen molar-refractivity contribution in [2.24, 2.45) is 0 Å². The quantitative estimate of drug-likeness (QED) is 0.634. The largest absolute Gasteiger partial charge is 0.372 e. The third kappa shape index (κ3) is 2.14. The maximum absolute atomic E-state index is 13.1. The Balaban J connectivity index is 2.51. The molecule has 0 spiro atoms. The first-order valence-corrected chi connectivity index (χ1v) is 4.24. The van der Waals surface area contributed by atoms with E-state index < -0.39 is 12.0 Å². The highest BCUT2D eigenvalue weighted by atomic mass is 19.3. The number of nitrogens with zero attached hydrogens (tertiary/aromatic N) is 1. The minimum atomic E-state index is -2.68. The molecule has 0 aromatic heterocycles. The van der Waals surface area contributed by atoms with E-state index in [0.717, 1.165) is 0 Å². The second-order valence-corrected chi connectivity index (χ2v) is 3.23. The molecular formula is C8H15F2NO. The number of hydrogen-bond acceptors (Lipinski definition) is 2. The van der Waals surface area contributed by atoms with E-state index in [0.29, 0.717) is 19.6 Å². The third-order valence-corrected chi connectivity index (χ3v) is 2.09. The van der Waals surface area contributed by atoms with Crippen molar-refractivity contribution in [2.45, 2.75) is 25.4 Å². The fourth-order valence-corrected chi connectivity index (χ4v) is 1.50. The van der Waals surface area contributed by atoms with Crippen LogP contribution in [0, 0.1) is 0 Å². The number of halogens is 2. The van der Waals surface area contributed by atoms with Gasteiger partial charge < -0.3 is 9.64 Å². The summed E-state index contributed by atoms with van der Waals surface area (Å²) in [6, 6.07) is 0. The molecule has 0 amide bonds. The van der Waals surface area contributed by atoms with Crippen molar-refractivity contribution < 1.29 is 13.5 Å². The number of likely N-dealkylation sites (tertiary alicyclic amines) is 1. The summed E-state index contributed by atoms with van der Waals surface area (Å²) in [5.41, 5.74) is 0. The molecule has 0 radical (unpaired) electrons. The van der Waals surface area contributed by atoms with E-state index in [9.17, 15) is 8.78 Å². The first-order chi connectivity index (χ1) is 5.56. The second kappa shape index (κ2) is 3.66. The highest BCUT2D eigenvalue weighted by Gasteiger charge is 2.44. The topological polar surface area (TPSA) is 12.5 Å². The average Bonchev–Trinajstić information content (AvgIpc) is 1.94. The first kappa shape index (κ1) is 9.86. The van der Waals surface area contributed by atoms with Gasteiger partial charge >= 0.3 is 0 Å². The van der Waals surface area contributed by atoms with E-state index in [4.69, 9.17) is 4.74 Å². The van der Waals surface area contributed by atoms with Gasteiger partial charge in [0.05, 0.1) is 6.54 Å². The standard InChI is InChI=1S/C8H15F2NO/c1-3-12-7-4-5-11(2)6-8(7,9)10/h7H,3-6H2,1-2H3. The number of hydrogen-bond donors (Lipinski definition) is 0. The van der Waals surface area contributed by atoms with Crippen LogP contribution >= 0.6 is 0 Å². The summed E-state index contributed by atoms with van der Waals surface area (Å²) in [4.78, 5) is 1.63. The predicted octanol–water partition coefficient (Wildman–Crippen LogP) is 1.36. The Morgan fingerprint density at radius 1 is 1.58 bits per heavy atom. The van der Waals surface area contributed by atoms with Crippen molar-refractivity contribution in [3.8, 4) is 0 Å². The highest BCUT2D eigenvalue weighted by molar-refractivity contribution is 4.86. The molecule has 0 aromatic rings. The Labute approximate surface area is 71.5 Å². The Bertz CT molecular complexity index is 152. The van der Waals surface area contributed by atoms with Crippen molar-refractivity contribution in [2.75, 3.05) is 26.7 Å². The molecule has 1 saturated heterocycles. The number of piperidine rings is 1. The molecule has 1 rings (SSSR count). The molecular weight excluding hydrogens is 164 g/mol. The molecule has 1 unspecified atom stereocenters. The van der Waals surface area contributed by atoms with Crippen LogP contribution in [0.4, 0.5) is 8.78 Å². The van der Waals surface area contributed by atoms with Gasteiger partial charge in [-0.3, -0.25) is 0 Å². The average molecular weight is 179 g/mol. The predicted molar refractivity (Wildman–Crippen MR) is 42.5 cm³/mol. The van der Waals surface area contributed by atoms with E-state index in [1.54, 1.807) is 18.9 Å². The molecule has 1 atom stereocenters. The lowest BCUT2D eigenvalue weighted by molar-refractivity contribution is -0.167. The van der Waals surface area contributed by atoms with Crippen LogP contribution < -0.4 is 0 Å². The molecule has 4 heteroatoms. The van der Waals surface area contributed by atoms with Gasteiger partial charge in [-0.05, 0) is 20.4 Å². The second-order valence-electron chi connectivity index (χ2n) is 3.23. The zero-order chi connectivity index (χ0) is 9.19. The lowest BCUT2D eigenvalue weighted by Gasteiger charge is -2.35. The van der Waals surface area contributed by atoms with Gasteiger partial charge in [-0.2, -0.15) is 0 Å². The maximum atomic E-state index is 13.1. The van der Waals surface area contributed by atoms with Crippen molar-refractivity contribution in [1.82, 2.24) is 4.90 Å². The molecule has 0 N–H and O–H groups in total. The Hall–Kier alpha value is -0.220. The van der Waals surface area contributed by atoms with Gasteiger partial charge in [0, 0.05) is 13.2 Å². The summed E-state index contributed by atoms with van der Waals surface area (Å²) in [6.07, 6.45) is -0.448. The van der Waals surface area contributed by atoms with Crippen molar-refractivity contribution in [3.63, 3.8) is 0 Å². The zero-order valence-corrected chi connectivity index (χ0v) is 7.52. The Kier molecular flexibility index (Phi) is 3.01. The number of alkyl halides is 2. The molecule has 12 heavy (non-hydrogen) atoms. The van der Waals surface area contributed by atoms with Gasteiger partial charge in [0.15, 0.2) is 0 Å². The van der Waals surface area contributed by atoms with Crippen molar-refractivity contribution in [3.05, 3.63) is 0 Å². The lowest BCUT2D eigenvalue weighted by atomic mass is 10.0. The minimum Gasteiger partial charge on any atom is -0.372 e. The van der Waals surface area contributed by atoms with Gasteiger partial charge in [-0.1, -0.05) is 0 Å². The van der Waals surface area contributed by atoms with Gasteiger partial charge in [0.25, 0.3) is 5.92 Å². The Morgan fingerprint density at radius 3 is 2.75 bits per heavy atom. The summed E-state index contributed by atoms with van der Waals surface area (Å²) in [5.74, 6) is -2.68. The molecule has 1 heterocycles. The molecule has 1 fully saturated rings. The maximum Gasteiger partial charge on any atom is 0.286 e. The molecule has 72 valence electrons. The van der Waals surface area contributed by atoms with Crippen molar-refractivity contribution in [1.29, 1.82) is 0 Å². The zero-order valence-electron chi connectivity index (χ0n) is 7.52. The minimum absolute atomic E-state index is 0.183. The van der Waals surface area contributed by atoms with E-state index in [-0.39, 0.29) is 6.54 Å². The Morgan fingerprint density at radius 2 is 2.25 bits per heavy atom. The van der Waals surface area contributed by atoms with Crippen LogP contribution in [0.3, 0.4) is 0 Å². The van der Waals surface area contributed by atoms with Gasteiger partial charge in [-0.15, -0.1) is 0 Å². The van der Waals surface area contributed by atoms with Crippen LogP contribution in [0.15, 0.2) is 0 Å². The van der Waals surface area contributed by atoms with E-state index in [1.807, 2.05) is 0 Å². The van der Waals surface area contributed by atoms with Crippen LogP contribution in [-0.2, 0) is 4.74 Å². The van der Waals surface area contributed by atoms with Gasteiger partial charge in [0.1, 0.15) is 6.10 Å². The molecule has 0 saturated carbocycles. The van der Waals surface area contributed by atoms with Crippen LogP contribution in [0.1, 0.15) is 13.3 Å². The summed E-state index contributed by atoms with van der Waals surface area (Å²) in [7, 11) is 1.70. The normalized spacial score (nSPS) is 30.5. The van der Waals surface area contributed by atoms with Gasteiger partial charge in [0.2, 0.25) is 0 Å². The van der Waals surface area contributed by atoms with E-state index >= 15 is 0 Å². The fourth-order valence-electron chi connectivity index (χ4n) is 1.50. The SMILES string of the molecule is CCOC1CCN(C)CC1(F)F.